The number of carbonyl (C=O) groups is 1. The van der Waals surface area contributed by atoms with Crippen LogP contribution in [-0.4, -0.2) is 68.6 Å². The highest BCUT2D eigenvalue weighted by molar-refractivity contribution is 7.88. The third-order valence-electron chi connectivity index (χ3n) is 4.42. The molecular weight excluding hydrogens is 314 g/mol. The van der Waals surface area contributed by atoms with Crippen LogP contribution in [0.3, 0.4) is 0 Å². The van der Waals surface area contributed by atoms with Crippen LogP contribution in [0.25, 0.3) is 0 Å². The van der Waals surface area contributed by atoms with E-state index >= 15 is 0 Å². The summed E-state index contributed by atoms with van der Waals surface area (Å²) in [6, 6.07) is 10.2. The summed E-state index contributed by atoms with van der Waals surface area (Å²) in [5.74, 6) is -0.0879. The number of sulfonamides is 1. The van der Waals surface area contributed by atoms with Crippen molar-refractivity contribution in [2.75, 3.05) is 43.9 Å². The summed E-state index contributed by atoms with van der Waals surface area (Å²) < 4.78 is 25.0. The molecule has 1 aliphatic heterocycles. The van der Waals surface area contributed by atoms with Crippen molar-refractivity contribution in [2.24, 2.45) is 0 Å². The minimum atomic E-state index is -3.31. The predicted octanol–water partition coefficient (Wildman–Crippen LogP) is 0.759. The first-order valence-corrected chi connectivity index (χ1v) is 9.84. The highest BCUT2D eigenvalue weighted by Gasteiger charge is 2.37. The molecule has 0 radical (unpaired) electrons. The molecule has 1 heterocycles. The van der Waals surface area contributed by atoms with Crippen molar-refractivity contribution >= 4 is 21.6 Å². The third kappa shape index (κ3) is 4.03. The van der Waals surface area contributed by atoms with Crippen molar-refractivity contribution in [3.8, 4) is 0 Å². The van der Waals surface area contributed by atoms with E-state index in [1.54, 1.807) is 4.90 Å². The molecular formula is C16H23N3O3S. The normalized spacial score (nSPS) is 19.2. The quantitative estimate of drug-likeness (QED) is 0.796. The van der Waals surface area contributed by atoms with Crippen molar-refractivity contribution in [3.05, 3.63) is 30.3 Å². The number of benzene rings is 1. The van der Waals surface area contributed by atoms with Crippen molar-refractivity contribution < 1.29 is 13.2 Å². The van der Waals surface area contributed by atoms with Gasteiger partial charge in [0, 0.05) is 37.9 Å². The molecule has 3 rings (SSSR count). The maximum Gasteiger partial charge on any atom is 0.238 e. The average molecular weight is 337 g/mol. The Hall–Kier alpha value is -1.60. The fourth-order valence-corrected chi connectivity index (χ4v) is 4.06. The van der Waals surface area contributed by atoms with Crippen molar-refractivity contribution in [3.63, 3.8) is 0 Å². The van der Waals surface area contributed by atoms with Gasteiger partial charge in [0.25, 0.3) is 0 Å². The van der Waals surface area contributed by atoms with Gasteiger partial charge in [-0.1, -0.05) is 18.2 Å². The lowest BCUT2D eigenvalue weighted by Crippen LogP contribution is -2.52. The molecule has 7 heteroatoms. The Morgan fingerprint density at radius 1 is 1.13 bits per heavy atom. The van der Waals surface area contributed by atoms with E-state index in [0.29, 0.717) is 13.1 Å². The van der Waals surface area contributed by atoms with Crippen molar-refractivity contribution in [1.82, 2.24) is 9.21 Å². The molecule has 0 bridgehead atoms. The van der Waals surface area contributed by atoms with E-state index in [9.17, 15) is 13.2 Å². The zero-order valence-corrected chi connectivity index (χ0v) is 14.2. The predicted molar refractivity (Wildman–Crippen MR) is 89.8 cm³/mol. The third-order valence-corrected chi connectivity index (χ3v) is 5.70. The standard InChI is InChI=1S/C16H23N3O3S/c1-23(21,22)19(15-7-8-15)13-16(20)18-11-9-17(10-12-18)14-5-3-2-4-6-14/h2-6,15H,7-13H2,1H3. The number of amides is 1. The number of rotatable bonds is 5. The van der Waals surface area contributed by atoms with E-state index in [4.69, 9.17) is 0 Å². The first-order valence-electron chi connectivity index (χ1n) is 8.00. The molecule has 1 amide bonds. The summed E-state index contributed by atoms with van der Waals surface area (Å²) in [5, 5.41) is 0. The van der Waals surface area contributed by atoms with Crippen LogP contribution in [0.4, 0.5) is 5.69 Å². The van der Waals surface area contributed by atoms with Gasteiger partial charge in [0.1, 0.15) is 0 Å². The van der Waals surface area contributed by atoms with E-state index < -0.39 is 10.0 Å². The Morgan fingerprint density at radius 2 is 1.74 bits per heavy atom. The average Bonchev–Trinajstić information content (AvgIpc) is 3.37. The Labute approximate surface area is 137 Å². The van der Waals surface area contributed by atoms with Gasteiger partial charge >= 0.3 is 0 Å². The fraction of sp³-hybridized carbons (Fsp3) is 0.562. The van der Waals surface area contributed by atoms with Crippen molar-refractivity contribution in [1.29, 1.82) is 0 Å². The number of piperazine rings is 1. The minimum absolute atomic E-state index is 0.0190. The van der Waals surface area contributed by atoms with E-state index in [1.807, 2.05) is 18.2 Å². The number of anilines is 1. The number of hydrogen-bond donors (Lipinski definition) is 0. The van der Waals surface area contributed by atoms with Crippen LogP contribution in [0.2, 0.25) is 0 Å². The second-order valence-electron chi connectivity index (χ2n) is 6.24. The van der Waals surface area contributed by atoms with E-state index in [-0.39, 0.29) is 18.5 Å². The summed E-state index contributed by atoms with van der Waals surface area (Å²) in [7, 11) is -3.31. The molecule has 0 atom stereocenters. The summed E-state index contributed by atoms with van der Waals surface area (Å²) in [6.45, 7) is 2.80. The maximum atomic E-state index is 12.4. The maximum absolute atomic E-state index is 12.4. The summed E-state index contributed by atoms with van der Waals surface area (Å²) in [4.78, 5) is 16.5. The highest BCUT2D eigenvalue weighted by Crippen LogP contribution is 2.28. The van der Waals surface area contributed by atoms with Gasteiger partial charge in [-0.05, 0) is 25.0 Å². The zero-order valence-electron chi connectivity index (χ0n) is 13.4. The van der Waals surface area contributed by atoms with Gasteiger partial charge in [0.2, 0.25) is 15.9 Å². The van der Waals surface area contributed by atoms with Gasteiger partial charge in [-0.3, -0.25) is 4.79 Å². The van der Waals surface area contributed by atoms with Crippen LogP contribution in [0.1, 0.15) is 12.8 Å². The molecule has 2 aliphatic rings. The molecule has 0 spiro atoms. The van der Waals surface area contributed by atoms with Crippen LogP contribution >= 0.6 is 0 Å². The van der Waals surface area contributed by atoms with Gasteiger partial charge in [0.05, 0.1) is 12.8 Å². The number of carbonyl (C=O) groups excluding carboxylic acids is 1. The Bertz CT molecular complexity index is 650. The number of para-hydroxylation sites is 1. The molecule has 1 saturated carbocycles. The molecule has 0 N–H and O–H groups in total. The second kappa shape index (κ2) is 6.49. The Balaban J connectivity index is 1.56. The molecule has 1 aromatic rings. The Kier molecular flexibility index (Phi) is 4.59. The molecule has 23 heavy (non-hydrogen) atoms. The van der Waals surface area contributed by atoms with E-state index in [1.165, 1.54) is 10.6 Å². The van der Waals surface area contributed by atoms with Crippen LogP contribution in [0.5, 0.6) is 0 Å². The molecule has 6 nitrogen and oxygen atoms in total. The minimum Gasteiger partial charge on any atom is -0.368 e. The molecule has 1 saturated heterocycles. The van der Waals surface area contributed by atoms with Crippen LogP contribution < -0.4 is 4.90 Å². The van der Waals surface area contributed by atoms with Gasteiger partial charge in [-0.15, -0.1) is 0 Å². The fourth-order valence-electron chi connectivity index (χ4n) is 2.97. The van der Waals surface area contributed by atoms with Gasteiger partial charge in [-0.2, -0.15) is 4.31 Å². The van der Waals surface area contributed by atoms with Crippen molar-refractivity contribution in [2.45, 2.75) is 18.9 Å². The van der Waals surface area contributed by atoms with E-state index in [2.05, 4.69) is 17.0 Å². The van der Waals surface area contributed by atoms with Crippen LogP contribution in [0, 0.1) is 0 Å². The largest absolute Gasteiger partial charge is 0.368 e. The number of nitrogens with zero attached hydrogens (tertiary/aromatic N) is 3. The highest BCUT2D eigenvalue weighted by atomic mass is 32.2. The molecule has 0 unspecified atom stereocenters. The lowest BCUT2D eigenvalue weighted by Gasteiger charge is -2.36. The lowest BCUT2D eigenvalue weighted by molar-refractivity contribution is -0.131. The number of hydrogen-bond acceptors (Lipinski definition) is 4. The lowest BCUT2D eigenvalue weighted by atomic mass is 10.2. The molecule has 1 aliphatic carbocycles. The van der Waals surface area contributed by atoms with Gasteiger partial charge in [-0.25, -0.2) is 8.42 Å². The SMILES string of the molecule is CS(=O)(=O)N(CC(=O)N1CCN(c2ccccc2)CC1)C1CC1. The molecule has 1 aromatic carbocycles. The molecule has 0 aromatic heterocycles. The summed E-state index contributed by atoms with van der Waals surface area (Å²) in [6.07, 6.45) is 2.91. The summed E-state index contributed by atoms with van der Waals surface area (Å²) >= 11 is 0. The first kappa shape index (κ1) is 16.3. The Morgan fingerprint density at radius 3 is 2.26 bits per heavy atom. The summed E-state index contributed by atoms with van der Waals surface area (Å²) in [5.41, 5.74) is 1.16. The smallest absolute Gasteiger partial charge is 0.238 e. The van der Waals surface area contributed by atoms with Crippen LogP contribution in [-0.2, 0) is 14.8 Å². The molecule has 2 fully saturated rings. The zero-order chi connectivity index (χ0) is 16.4. The van der Waals surface area contributed by atoms with Gasteiger partial charge < -0.3 is 9.80 Å². The molecule has 126 valence electrons. The topological polar surface area (TPSA) is 60.9 Å². The van der Waals surface area contributed by atoms with Crippen LogP contribution in [0.15, 0.2) is 30.3 Å². The van der Waals surface area contributed by atoms with E-state index in [0.717, 1.165) is 31.6 Å². The van der Waals surface area contributed by atoms with Gasteiger partial charge in [0.15, 0.2) is 0 Å². The first-order chi connectivity index (χ1) is 10.9. The second-order valence-corrected chi connectivity index (χ2v) is 8.18. The monoisotopic (exact) mass is 337 g/mol.